The Kier molecular flexibility index (Phi) is 5.69. The lowest BCUT2D eigenvalue weighted by Crippen LogP contribution is -2.37. The molecule has 0 heterocycles. The summed E-state index contributed by atoms with van der Waals surface area (Å²) in [5.74, 6) is -0.208. The fourth-order valence-corrected chi connectivity index (χ4v) is 3.07. The van der Waals surface area contributed by atoms with Crippen molar-refractivity contribution in [2.24, 2.45) is 11.1 Å². The van der Waals surface area contributed by atoms with Crippen LogP contribution >= 0.6 is 7.60 Å². The number of hydrogen-bond donors (Lipinski definition) is 4. The SMILES string of the molecule is CC1(N)C=CC2=C(C=C1)C=CC(C)(C(=O)NCCCP(=O)(O)O)C=C2. The monoisotopic (exact) mass is 364 g/mol. The van der Waals surface area contributed by atoms with Crippen LogP contribution in [0.2, 0.25) is 0 Å². The first-order chi connectivity index (χ1) is 11.5. The Balaban J connectivity index is 2.05. The predicted molar refractivity (Wildman–Crippen MR) is 98.8 cm³/mol. The van der Waals surface area contributed by atoms with Gasteiger partial charge in [0.1, 0.15) is 0 Å². The Bertz CT molecular complexity index is 702. The minimum absolute atomic E-state index is 0.208. The third-order valence-corrected chi connectivity index (χ3v) is 5.10. The molecule has 0 radical (unpaired) electrons. The van der Waals surface area contributed by atoms with Crippen molar-refractivity contribution in [2.75, 3.05) is 12.7 Å². The first-order valence-corrected chi connectivity index (χ1v) is 9.94. The first kappa shape index (κ1) is 19.6. The van der Waals surface area contributed by atoms with Crippen LogP contribution in [0.1, 0.15) is 20.3 Å². The minimum atomic E-state index is -4.03. The number of amides is 1. The van der Waals surface area contributed by atoms with Crippen molar-refractivity contribution >= 4 is 13.5 Å². The van der Waals surface area contributed by atoms with Gasteiger partial charge >= 0.3 is 7.60 Å². The van der Waals surface area contributed by atoms with Crippen LogP contribution in [0.4, 0.5) is 0 Å². The minimum Gasteiger partial charge on any atom is -0.355 e. The molecule has 2 rings (SSSR count). The van der Waals surface area contributed by atoms with E-state index in [0.717, 1.165) is 11.1 Å². The van der Waals surface area contributed by atoms with E-state index < -0.39 is 18.5 Å². The molecule has 6 nitrogen and oxygen atoms in total. The molecule has 0 fully saturated rings. The Morgan fingerprint density at radius 2 is 1.56 bits per heavy atom. The summed E-state index contributed by atoms with van der Waals surface area (Å²) in [5, 5.41) is 2.74. The van der Waals surface area contributed by atoms with E-state index in [0.29, 0.717) is 0 Å². The standard InChI is InChI=1S/C18H25N2O4P/c1-17(16(21)20-12-3-13-25(22,23)24)8-4-14-6-10-18(2,19)11-7-15(14)5-9-17/h4-11H,3,12-13,19H2,1-2H3,(H,20,21)(H2,22,23,24). The zero-order valence-electron chi connectivity index (χ0n) is 14.5. The van der Waals surface area contributed by atoms with Crippen molar-refractivity contribution in [1.82, 2.24) is 5.32 Å². The second-order valence-electron chi connectivity index (χ2n) is 6.89. The van der Waals surface area contributed by atoms with Gasteiger partial charge in [-0.25, -0.2) is 0 Å². The fraction of sp³-hybridized carbons (Fsp3) is 0.389. The van der Waals surface area contributed by atoms with E-state index in [1.807, 2.05) is 55.5 Å². The summed E-state index contributed by atoms with van der Waals surface area (Å²) in [7, 11) is -4.03. The smallest absolute Gasteiger partial charge is 0.325 e. The molecule has 2 aliphatic rings. The van der Waals surface area contributed by atoms with Crippen LogP contribution in [0.15, 0.2) is 59.8 Å². The number of carbonyl (C=O) groups excluding carboxylic acids is 1. The molecular weight excluding hydrogens is 339 g/mol. The topological polar surface area (TPSA) is 113 Å². The van der Waals surface area contributed by atoms with Crippen LogP contribution in [0, 0.1) is 5.41 Å². The number of allylic oxidation sites excluding steroid dienone is 6. The van der Waals surface area contributed by atoms with E-state index in [-0.39, 0.29) is 25.0 Å². The summed E-state index contributed by atoms with van der Waals surface area (Å²) in [4.78, 5) is 30.2. The molecule has 7 heteroatoms. The van der Waals surface area contributed by atoms with Crippen LogP contribution in [-0.4, -0.2) is 33.9 Å². The van der Waals surface area contributed by atoms with Gasteiger partial charge in [-0.05, 0) is 31.4 Å². The zero-order chi connectivity index (χ0) is 18.7. The van der Waals surface area contributed by atoms with Gasteiger partial charge < -0.3 is 20.8 Å². The highest BCUT2D eigenvalue weighted by atomic mass is 31.2. The molecule has 0 saturated carbocycles. The highest BCUT2D eigenvalue weighted by molar-refractivity contribution is 7.51. The van der Waals surface area contributed by atoms with E-state index >= 15 is 0 Å². The second kappa shape index (κ2) is 7.26. The van der Waals surface area contributed by atoms with Gasteiger partial charge in [-0.1, -0.05) is 48.6 Å². The van der Waals surface area contributed by atoms with Gasteiger partial charge in [0.25, 0.3) is 0 Å². The molecule has 0 bridgehead atoms. The predicted octanol–water partition coefficient (Wildman–Crippen LogP) is 1.94. The molecule has 25 heavy (non-hydrogen) atoms. The number of rotatable bonds is 5. The number of nitrogens with two attached hydrogens (primary N) is 1. The third-order valence-electron chi connectivity index (χ3n) is 4.20. The lowest BCUT2D eigenvalue weighted by atomic mass is 9.88. The van der Waals surface area contributed by atoms with Crippen LogP contribution in [0.3, 0.4) is 0 Å². The maximum atomic E-state index is 12.5. The number of nitrogens with one attached hydrogen (secondary N) is 1. The van der Waals surface area contributed by atoms with Gasteiger partial charge in [0, 0.05) is 6.54 Å². The second-order valence-corrected chi connectivity index (χ2v) is 8.67. The van der Waals surface area contributed by atoms with E-state index in [4.69, 9.17) is 15.5 Å². The fourth-order valence-electron chi connectivity index (χ4n) is 2.50. The van der Waals surface area contributed by atoms with Crippen molar-refractivity contribution in [3.63, 3.8) is 0 Å². The summed E-state index contributed by atoms with van der Waals surface area (Å²) < 4.78 is 10.8. The normalized spacial score (nSPS) is 20.8. The molecule has 0 atom stereocenters. The molecule has 0 aromatic heterocycles. The van der Waals surface area contributed by atoms with Crippen LogP contribution in [0.25, 0.3) is 0 Å². The van der Waals surface area contributed by atoms with Crippen LogP contribution in [0.5, 0.6) is 0 Å². The van der Waals surface area contributed by atoms with Crippen molar-refractivity contribution in [3.05, 3.63) is 59.8 Å². The van der Waals surface area contributed by atoms with Gasteiger partial charge in [0.2, 0.25) is 5.91 Å². The number of carbonyl (C=O) groups is 1. The summed E-state index contributed by atoms with van der Waals surface area (Å²) in [6, 6.07) is 0. The Hall–Kier alpha value is -1.72. The van der Waals surface area contributed by atoms with Crippen molar-refractivity contribution in [1.29, 1.82) is 0 Å². The molecule has 0 unspecified atom stereocenters. The van der Waals surface area contributed by atoms with E-state index in [1.54, 1.807) is 6.92 Å². The Labute approximate surface area is 148 Å². The lowest BCUT2D eigenvalue weighted by molar-refractivity contribution is -0.125. The van der Waals surface area contributed by atoms with E-state index in [2.05, 4.69) is 5.32 Å². The van der Waals surface area contributed by atoms with E-state index in [1.165, 1.54) is 0 Å². The first-order valence-electron chi connectivity index (χ1n) is 8.14. The highest BCUT2D eigenvalue weighted by Gasteiger charge is 2.29. The third kappa shape index (κ3) is 5.65. The molecular formula is C18H25N2O4P. The molecule has 0 saturated heterocycles. The largest absolute Gasteiger partial charge is 0.355 e. The lowest BCUT2D eigenvalue weighted by Gasteiger charge is -2.20. The molecule has 0 aliphatic heterocycles. The quantitative estimate of drug-likeness (QED) is 0.440. The van der Waals surface area contributed by atoms with Crippen LogP contribution < -0.4 is 11.1 Å². The summed E-state index contributed by atoms with van der Waals surface area (Å²) in [6.07, 6.45) is 15.1. The molecule has 136 valence electrons. The molecule has 2 aliphatic carbocycles. The average Bonchev–Trinajstić information content (AvgIpc) is 2.75. The summed E-state index contributed by atoms with van der Waals surface area (Å²) in [6.45, 7) is 3.93. The van der Waals surface area contributed by atoms with Crippen molar-refractivity contribution < 1.29 is 19.1 Å². The van der Waals surface area contributed by atoms with E-state index in [9.17, 15) is 9.36 Å². The molecule has 0 aromatic rings. The van der Waals surface area contributed by atoms with Crippen LogP contribution in [-0.2, 0) is 9.36 Å². The van der Waals surface area contributed by atoms with Crippen molar-refractivity contribution in [2.45, 2.75) is 25.8 Å². The van der Waals surface area contributed by atoms with Gasteiger partial charge in [-0.15, -0.1) is 0 Å². The Morgan fingerprint density at radius 1 is 1.08 bits per heavy atom. The molecule has 5 N–H and O–H groups in total. The van der Waals surface area contributed by atoms with Crippen molar-refractivity contribution in [3.8, 4) is 0 Å². The molecule has 0 aromatic carbocycles. The molecule has 1 amide bonds. The number of hydrogen-bond acceptors (Lipinski definition) is 3. The van der Waals surface area contributed by atoms with Gasteiger partial charge in [-0.2, -0.15) is 0 Å². The Morgan fingerprint density at radius 3 is 2.04 bits per heavy atom. The molecule has 0 spiro atoms. The average molecular weight is 364 g/mol. The summed E-state index contributed by atoms with van der Waals surface area (Å²) in [5.41, 5.74) is 6.71. The van der Waals surface area contributed by atoms with Gasteiger partial charge in [0.05, 0.1) is 17.1 Å². The van der Waals surface area contributed by atoms with Gasteiger partial charge in [0.15, 0.2) is 0 Å². The highest BCUT2D eigenvalue weighted by Crippen LogP contribution is 2.34. The van der Waals surface area contributed by atoms with Gasteiger partial charge in [-0.3, -0.25) is 9.36 Å². The summed E-state index contributed by atoms with van der Waals surface area (Å²) >= 11 is 0. The maximum absolute atomic E-state index is 12.5. The maximum Gasteiger partial charge on any atom is 0.325 e. The zero-order valence-corrected chi connectivity index (χ0v) is 15.4.